The SMILES string of the molecule is CCC(C)[C@@H](N)c1cccc2[nH]ccc12. The van der Waals surface area contributed by atoms with E-state index in [-0.39, 0.29) is 6.04 Å². The lowest BCUT2D eigenvalue weighted by molar-refractivity contribution is 0.459. The molecule has 0 radical (unpaired) electrons. The average molecular weight is 202 g/mol. The van der Waals surface area contributed by atoms with Crippen LogP contribution in [-0.2, 0) is 0 Å². The van der Waals surface area contributed by atoms with Crippen LogP contribution in [-0.4, -0.2) is 4.98 Å². The number of benzene rings is 1. The molecule has 0 spiro atoms. The van der Waals surface area contributed by atoms with Gasteiger partial charge in [0.2, 0.25) is 0 Å². The van der Waals surface area contributed by atoms with Crippen LogP contribution in [0, 0.1) is 5.92 Å². The van der Waals surface area contributed by atoms with Crippen molar-refractivity contribution in [3.63, 3.8) is 0 Å². The molecule has 0 saturated heterocycles. The number of hydrogen-bond acceptors (Lipinski definition) is 1. The monoisotopic (exact) mass is 202 g/mol. The third-order valence-electron chi connectivity index (χ3n) is 3.24. The van der Waals surface area contributed by atoms with E-state index in [9.17, 15) is 0 Å². The summed E-state index contributed by atoms with van der Waals surface area (Å²) in [5, 5.41) is 1.25. The molecule has 0 saturated carbocycles. The van der Waals surface area contributed by atoms with Gasteiger partial charge in [-0.1, -0.05) is 32.4 Å². The molecule has 2 rings (SSSR count). The fraction of sp³-hybridized carbons (Fsp3) is 0.385. The van der Waals surface area contributed by atoms with Crippen molar-refractivity contribution in [3.8, 4) is 0 Å². The standard InChI is InChI=1S/C13H18N2/c1-3-9(2)13(14)11-5-4-6-12-10(11)7-8-15-12/h4-9,13,15H,3,14H2,1-2H3/t9?,13-/m1/s1. The van der Waals surface area contributed by atoms with E-state index >= 15 is 0 Å². The fourth-order valence-corrected chi connectivity index (χ4v) is 1.96. The van der Waals surface area contributed by atoms with Crippen LogP contribution in [0.4, 0.5) is 0 Å². The Balaban J connectivity index is 2.46. The van der Waals surface area contributed by atoms with Crippen LogP contribution >= 0.6 is 0 Å². The summed E-state index contributed by atoms with van der Waals surface area (Å²) in [5.74, 6) is 0.519. The van der Waals surface area contributed by atoms with E-state index in [1.54, 1.807) is 0 Å². The Kier molecular flexibility index (Phi) is 2.78. The van der Waals surface area contributed by atoms with E-state index in [2.05, 4.69) is 43.1 Å². The van der Waals surface area contributed by atoms with E-state index in [1.807, 2.05) is 6.20 Å². The third kappa shape index (κ3) is 1.77. The molecule has 0 fully saturated rings. The molecule has 2 aromatic rings. The van der Waals surface area contributed by atoms with Crippen LogP contribution in [0.25, 0.3) is 10.9 Å². The lowest BCUT2D eigenvalue weighted by Crippen LogP contribution is -2.18. The van der Waals surface area contributed by atoms with Gasteiger partial charge in [0.1, 0.15) is 0 Å². The first-order chi connectivity index (χ1) is 7.24. The predicted molar refractivity (Wildman–Crippen MR) is 64.7 cm³/mol. The molecule has 80 valence electrons. The van der Waals surface area contributed by atoms with E-state index < -0.39 is 0 Å². The maximum Gasteiger partial charge on any atom is 0.0457 e. The first kappa shape index (κ1) is 10.2. The Morgan fingerprint density at radius 3 is 2.87 bits per heavy atom. The van der Waals surface area contributed by atoms with Crippen molar-refractivity contribution in [1.82, 2.24) is 4.98 Å². The molecule has 1 aromatic heterocycles. The van der Waals surface area contributed by atoms with Gasteiger partial charge < -0.3 is 10.7 Å². The number of rotatable bonds is 3. The molecule has 15 heavy (non-hydrogen) atoms. The van der Waals surface area contributed by atoms with Gasteiger partial charge in [0.25, 0.3) is 0 Å². The smallest absolute Gasteiger partial charge is 0.0457 e. The first-order valence-corrected chi connectivity index (χ1v) is 5.55. The third-order valence-corrected chi connectivity index (χ3v) is 3.24. The molecule has 0 amide bonds. The van der Waals surface area contributed by atoms with Crippen molar-refractivity contribution in [3.05, 3.63) is 36.0 Å². The number of H-pyrrole nitrogens is 1. The van der Waals surface area contributed by atoms with Gasteiger partial charge >= 0.3 is 0 Å². The second-order valence-corrected chi connectivity index (χ2v) is 4.20. The maximum absolute atomic E-state index is 6.26. The Bertz CT molecular complexity index is 444. The number of nitrogens with two attached hydrogens (primary N) is 1. The molecule has 2 nitrogen and oxygen atoms in total. The molecule has 1 heterocycles. The minimum absolute atomic E-state index is 0.134. The zero-order valence-corrected chi connectivity index (χ0v) is 9.33. The first-order valence-electron chi connectivity index (χ1n) is 5.55. The largest absolute Gasteiger partial charge is 0.361 e. The molecule has 0 aliphatic rings. The van der Waals surface area contributed by atoms with Crippen molar-refractivity contribution >= 4 is 10.9 Å². The molecular formula is C13H18N2. The van der Waals surface area contributed by atoms with Crippen molar-refractivity contribution in [2.24, 2.45) is 11.7 Å². The van der Waals surface area contributed by atoms with Crippen LogP contribution in [0.5, 0.6) is 0 Å². The fourth-order valence-electron chi connectivity index (χ4n) is 1.96. The second-order valence-electron chi connectivity index (χ2n) is 4.20. The lowest BCUT2D eigenvalue weighted by Gasteiger charge is -2.19. The molecule has 2 heteroatoms. The van der Waals surface area contributed by atoms with Gasteiger partial charge in [-0.2, -0.15) is 0 Å². The highest BCUT2D eigenvalue weighted by Gasteiger charge is 2.15. The molecule has 2 atom stereocenters. The van der Waals surface area contributed by atoms with E-state index in [1.165, 1.54) is 16.5 Å². The number of aromatic amines is 1. The summed E-state index contributed by atoms with van der Waals surface area (Å²) < 4.78 is 0. The highest BCUT2D eigenvalue weighted by molar-refractivity contribution is 5.83. The van der Waals surface area contributed by atoms with E-state index in [0.29, 0.717) is 5.92 Å². The molecular weight excluding hydrogens is 184 g/mol. The zero-order valence-electron chi connectivity index (χ0n) is 9.33. The Morgan fingerprint density at radius 1 is 1.33 bits per heavy atom. The van der Waals surface area contributed by atoms with Gasteiger partial charge in [-0.15, -0.1) is 0 Å². The maximum atomic E-state index is 6.26. The molecule has 0 aliphatic carbocycles. The highest BCUT2D eigenvalue weighted by Crippen LogP contribution is 2.27. The Morgan fingerprint density at radius 2 is 2.13 bits per heavy atom. The summed E-state index contributed by atoms with van der Waals surface area (Å²) in [6.45, 7) is 4.39. The topological polar surface area (TPSA) is 41.8 Å². The summed E-state index contributed by atoms with van der Waals surface area (Å²) in [5.41, 5.74) is 8.69. The van der Waals surface area contributed by atoms with E-state index in [0.717, 1.165) is 6.42 Å². The minimum atomic E-state index is 0.134. The van der Waals surface area contributed by atoms with Gasteiger partial charge in [-0.25, -0.2) is 0 Å². The number of aromatic nitrogens is 1. The molecule has 3 N–H and O–H groups in total. The summed E-state index contributed by atoms with van der Waals surface area (Å²) in [6.07, 6.45) is 3.08. The Hall–Kier alpha value is -1.28. The van der Waals surface area contributed by atoms with Crippen LogP contribution in [0.1, 0.15) is 31.9 Å². The molecule has 1 aromatic carbocycles. The van der Waals surface area contributed by atoms with Crippen molar-refractivity contribution in [2.45, 2.75) is 26.3 Å². The average Bonchev–Trinajstić information content (AvgIpc) is 2.74. The van der Waals surface area contributed by atoms with Gasteiger partial charge in [0.05, 0.1) is 0 Å². The summed E-state index contributed by atoms with van der Waals surface area (Å²) in [4.78, 5) is 3.22. The van der Waals surface area contributed by atoms with Crippen molar-refractivity contribution in [2.75, 3.05) is 0 Å². The lowest BCUT2D eigenvalue weighted by atomic mass is 9.91. The van der Waals surface area contributed by atoms with Crippen LogP contribution in [0.3, 0.4) is 0 Å². The van der Waals surface area contributed by atoms with Gasteiger partial charge in [0, 0.05) is 23.1 Å². The second kappa shape index (κ2) is 4.07. The molecule has 0 aliphatic heterocycles. The van der Waals surface area contributed by atoms with Crippen LogP contribution in [0.2, 0.25) is 0 Å². The predicted octanol–water partition coefficient (Wildman–Crippen LogP) is 3.21. The van der Waals surface area contributed by atoms with E-state index in [4.69, 9.17) is 5.73 Å². The highest BCUT2D eigenvalue weighted by atomic mass is 14.7. The number of nitrogens with one attached hydrogen (secondary N) is 1. The number of fused-ring (bicyclic) bond motifs is 1. The van der Waals surface area contributed by atoms with Crippen LogP contribution in [0.15, 0.2) is 30.5 Å². The van der Waals surface area contributed by atoms with Crippen molar-refractivity contribution < 1.29 is 0 Å². The van der Waals surface area contributed by atoms with Crippen molar-refractivity contribution in [1.29, 1.82) is 0 Å². The number of hydrogen-bond donors (Lipinski definition) is 2. The Labute approximate surface area is 90.5 Å². The normalized spacial score (nSPS) is 15.4. The summed E-state index contributed by atoms with van der Waals surface area (Å²) in [6, 6.07) is 8.52. The quantitative estimate of drug-likeness (QED) is 0.788. The summed E-state index contributed by atoms with van der Waals surface area (Å²) >= 11 is 0. The zero-order chi connectivity index (χ0) is 10.8. The summed E-state index contributed by atoms with van der Waals surface area (Å²) in [7, 11) is 0. The van der Waals surface area contributed by atoms with Gasteiger partial charge in [-0.3, -0.25) is 0 Å². The van der Waals surface area contributed by atoms with Gasteiger partial charge in [-0.05, 0) is 23.6 Å². The minimum Gasteiger partial charge on any atom is -0.361 e. The van der Waals surface area contributed by atoms with Crippen LogP contribution < -0.4 is 5.73 Å². The van der Waals surface area contributed by atoms with Gasteiger partial charge in [0.15, 0.2) is 0 Å². The molecule has 1 unspecified atom stereocenters. The molecule has 0 bridgehead atoms.